The molecule has 7 nitrogen and oxygen atoms in total. The maximum Gasteiger partial charge on any atom is 0.326 e. The van der Waals surface area contributed by atoms with Crippen molar-refractivity contribution < 1.29 is 14.7 Å². The largest absolute Gasteiger partial charge is 0.480 e. The molecule has 1 aromatic heterocycles. The Bertz CT molecular complexity index is 388. The van der Waals surface area contributed by atoms with E-state index in [4.69, 9.17) is 10.8 Å². The number of aromatic amines is 1. The van der Waals surface area contributed by atoms with Gasteiger partial charge in [0.2, 0.25) is 5.91 Å². The number of nitrogens with two attached hydrogens (primary N) is 1. The van der Waals surface area contributed by atoms with Crippen LogP contribution in [0.4, 0.5) is 0 Å². The summed E-state index contributed by atoms with van der Waals surface area (Å²) in [7, 11) is 1.43. The van der Waals surface area contributed by atoms with E-state index in [1.165, 1.54) is 20.3 Å². The third-order valence-corrected chi connectivity index (χ3v) is 2.45. The summed E-state index contributed by atoms with van der Waals surface area (Å²) in [6.45, 7) is 1.52. The second-order valence-corrected chi connectivity index (χ2v) is 3.86. The minimum Gasteiger partial charge on any atom is -0.480 e. The number of imidazole rings is 1. The summed E-state index contributed by atoms with van der Waals surface area (Å²) in [5, 5.41) is 9.10. The molecule has 0 aliphatic carbocycles. The molecule has 7 heteroatoms. The van der Waals surface area contributed by atoms with E-state index >= 15 is 0 Å². The number of carbonyl (C=O) groups is 2. The number of aliphatic carboxylic acids is 1. The highest BCUT2D eigenvalue weighted by atomic mass is 16.4. The van der Waals surface area contributed by atoms with Crippen molar-refractivity contribution in [3.05, 3.63) is 18.2 Å². The normalized spacial score (nSPS) is 14.1. The first-order valence-electron chi connectivity index (χ1n) is 5.16. The van der Waals surface area contributed by atoms with E-state index in [-0.39, 0.29) is 6.42 Å². The van der Waals surface area contributed by atoms with Gasteiger partial charge < -0.3 is 20.7 Å². The van der Waals surface area contributed by atoms with Crippen LogP contribution in [-0.2, 0) is 16.0 Å². The van der Waals surface area contributed by atoms with Gasteiger partial charge in [0.05, 0.1) is 18.1 Å². The van der Waals surface area contributed by atoms with Crippen molar-refractivity contribution in [3.8, 4) is 0 Å². The Morgan fingerprint density at radius 2 is 2.29 bits per heavy atom. The zero-order chi connectivity index (χ0) is 13.0. The summed E-state index contributed by atoms with van der Waals surface area (Å²) in [5.41, 5.74) is 6.03. The van der Waals surface area contributed by atoms with Crippen molar-refractivity contribution in [2.45, 2.75) is 25.4 Å². The second-order valence-electron chi connectivity index (χ2n) is 3.86. The number of H-pyrrole nitrogens is 1. The van der Waals surface area contributed by atoms with Crippen molar-refractivity contribution in [2.75, 3.05) is 7.05 Å². The molecule has 0 saturated heterocycles. The fourth-order valence-electron chi connectivity index (χ4n) is 1.47. The van der Waals surface area contributed by atoms with E-state index in [1.807, 2.05) is 0 Å². The Morgan fingerprint density at radius 1 is 1.65 bits per heavy atom. The predicted octanol–water partition coefficient (Wildman–Crippen LogP) is -0.789. The molecule has 0 spiro atoms. The van der Waals surface area contributed by atoms with Crippen molar-refractivity contribution in [1.29, 1.82) is 0 Å². The summed E-state index contributed by atoms with van der Waals surface area (Å²) >= 11 is 0. The third-order valence-electron chi connectivity index (χ3n) is 2.45. The summed E-state index contributed by atoms with van der Waals surface area (Å²) < 4.78 is 0. The lowest BCUT2D eigenvalue weighted by molar-refractivity contribution is -0.149. The number of carboxylic acids is 1. The van der Waals surface area contributed by atoms with Crippen LogP contribution >= 0.6 is 0 Å². The molecule has 4 N–H and O–H groups in total. The van der Waals surface area contributed by atoms with E-state index in [0.717, 1.165) is 4.90 Å². The lowest BCUT2D eigenvalue weighted by atomic mass is 10.1. The molecule has 94 valence electrons. The molecule has 17 heavy (non-hydrogen) atoms. The van der Waals surface area contributed by atoms with E-state index in [2.05, 4.69) is 9.97 Å². The molecular formula is C10H16N4O3. The summed E-state index contributed by atoms with van der Waals surface area (Å²) in [5.74, 6) is -1.49. The van der Waals surface area contributed by atoms with Gasteiger partial charge in [0, 0.05) is 19.7 Å². The number of rotatable bonds is 5. The maximum atomic E-state index is 11.6. The molecule has 1 aromatic rings. The molecule has 1 rings (SSSR count). The highest BCUT2D eigenvalue weighted by Crippen LogP contribution is 2.06. The smallest absolute Gasteiger partial charge is 0.326 e. The van der Waals surface area contributed by atoms with Crippen LogP contribution in [0.3, 0.4) is 0 Å². The van der Waals surface area contributed by atoms with E-state index in [1.54, 1.807) is 6.20 Å². The number of aromatic nitrogens is 2. The molecule has 0 radical (unpaired) electrons. The highest BCUT2D eigenvalue weighted by Gasteiger charge is 2.28. The maximum absolute atomic E-state index is 11.6. The molecule has 0 bridgehead atoms. The third kappa shape index (κ3) is 3.28. The zero-order valence-electron chi connectivity index (χ0n) is 9.75. The number of hydrogen-bond acceptors (Lipinski definition) is 4. The minimum atomic E-state index is -1.08. The van der Waals surface area contributed by atoms with Gasteiger partial charge in [0.15, 0.2) is 0 Å². The number of nitrogens with one attached hydrogen (secondary N) is 1. The van der Waals surface area contributed by atoms with Crippen LogP contribution in [0.2, 0.25) is 0 Å². The Hall–Kier alpha value is -1.89. The minimum absolute atomic E-state index is 0.147. The van der Waals surface area contributed by atoms with Gasteiger partial charge in [0.1, 0.15) is 6.04 Å². The monoisotopic (exact) mass is 240 g/mol. The van der Waals surface area contributed by atoms with Gasteiger partial charge in [-0.3, -0.25) is 4.79 Å². The molecule has 0 fully saturated rings. The van der Waals surface area contributed by atoms with Crippen LogP contribution < -0.4 is 5.73 Å². The fourth-order valence-corrected chi connectivity index (χ4v) is 1.47. The average Bonchev–Trinajstić information content (AvgIpc) is 2.76. The van der Waals surface area contributed by atoms with Crippen LogP contribution in [-0.4, -0.2) is 51.0 Å². The van der Waals surface area contributed by atoms with Crippen molar-refractivity contribution in [2.24, 2.45) is 5.73 Å². The van der Waals surface area contributed by atoms with E-state index in [0.29, 0.717) is 5.69 Å². The van der Waals surface area contributed by atoms with Crippen LogP contribution in [0, 0.1) is 0 Å². The quantitative estimate of drug-likeness (QED) is 0.624. The predicted molar refractivity (Wildman–Crippen MR) is 60.1 cm³/mol. The number of likely N-dealkylation sites (N-methyl/N-ethyl adjacent to an activating group) is 1. The Kier molecular flexibility index (Phi) is 4.22. The summed E-state index contributed by atoms with van der Waals surface area (Å²) in [6, 6.07) is -1.68. The van der Waals surface area contributed by atoms with Crippen molar-refractivity contribution in [1.82, 2.24) is 14.9 Å². The standard InChI is InChI=1S/C10H16N4O3/c1-6(11)9(15)14(2)8(10(16)17)3-7-4-12-5-13-7/h4-6,8H,3,11H2,1-2H3,(H,12,13)(H,16,17)/t6?,8-/m0/s1. The highest BCUT2D eigenvalue weighted by molar-refractivity contribution is 5.86. The first-order valence-corrected chi connectivity index (χ1v) is 5.16. The zero-order valence-corrected chi connectivity index (χ0v) is 9.75. The van der Waals surface area contributed by atoms with Crippen LogP contribution in [0.1, 0.15) is 12.6 Å². The van der Waals surface area contributed by atoms with E-state index < -0.39 is 24.0 Å². The first-order chi connectivity index (χ1) is 7.93. The van der Waals surface area contributed by atoms with Gasteiger partial charge in [0.25, 0.3) is 0 Å². The van der Waals surface area contributed by atoms with Gasteiger partial charge in [-0.2, -0.15) is 0 Å². The Labute approximate surface area is 98.6 Å². The molecule has 0 aliphatic heterocycles. The summed E-state index contributed by atoms with van der Waals surface area (Å²) in [6.07, 6.45) is 3.20. The number of amides is 1. The molecule has 2 atom stereocenters. The number of carboxylic acid groups (broad SMARTS) is 1. The molecular weight excluding hydrogens is 224 g/mol. The number of hydrogen-bond donors (Lipinski definition) is 3. The topological polar surface area (TPSA) is 112 Å². The molecule has 0 aromatic carbocycles. The summed E-state index contributed by atoms with van der Waals surface area (Å²) in [4.78, 5) is 30.6. The van der Waals surface area contributed by atoms with Crippen molar-refractivity contribution in [3.63, 3.8) is 0 Å². The second kappa shape index (κ2) is 5.44. The molecule has 0 saturated carbocycles. The van der Waals surface area contributed by atoms with Gasteiger partial charge in [-0.15, -0.1) is 0 Å². The van der Waals surface area contributed by atoms with Crippen LogP contribution in [0.5, 0.6) is 0 Å². The lowest BCUT2D eigenvalue weighted by Gasteiger charge is -2.25. The van der Waals surface area contributed by atoms with Crippen molar-refractivity contribution >= 4 is 11.9 Å². The van der Waals surface area contributed by atoms with Crippen LogP contribution in [0.25, 0.3) is 0 Å². The average molecular weight is 240 g/mol. The Balaban J connectivity index is 2.79. The van der Waals surface area contributed by atoms with Crippen LogP contribution in [0.15, 0.2) is 12.5 Å². The van der Waals surface area contributed by atoms with Gasteiger partial charge in [-0.25, -0.2) is 9.78 Å². The van der Waals surface area contributed by atoms with Gasteiger partial charge in [-0.1, -0.05) is 0 Å². The SMILES string of the molecule is CC(N)C(=O)N(C)[C@@H](Cc1c[nH]cn1)C(=O)O. The van der Waals surface area contributed by atoms with E-state index in [9.17, 15) is 9.59 Å². The molecule has 1 heterocycles. The molecule has 1 unspecified atom stereocenters. The molecule has 1 amide bonds. The number of nitrogens with zero attached hydrogens (tertiary/aromatic N) is 2. The number of carbonyl (C=O) groups excluding carboxylic acids is 1. The molecule has 0 aliphatic rings. The fraction of sp³-hybridized carbons (Fsp3) is 0.500. The van der Waals surface area contributed by atoms with Gasteiger partial charge in [-0.05, 0) is 6.92 Å². The Morgan fingerprint density at radius 3 is 2.71 bits per heavy atom. The first kappa shape index (κ1) is 13.2. The van der Waals surface area contributed by atoms with Gasteiger partial charge >= 0.3 is 5.97 Å². The lowest BCUT2D eigenvalue weighted by Crippen LogP contribution is -2.49.